The van der Waals surface area contributed by atoms with Crippen molar-refractivity contribution in [3.05, 3.63) is 18.2 Å². The van der Waals surface area contributed by atoms with E-state index in [0.717, 1.165) is 18.7 Å². The molecule has 15 heavy (non-hydrogen) atoms. The zero-order valence-electron chi connectivity index (χ0n) is 8.89. The standard InChI is InChI=1S/C10H16N4O/c1-13-6-8(2-3-10(13)15)14-7-12-5-9(14)4-11/h5,7-8H,2-4,6,11H2,1H3. The molecule has 5 heteroatoms. The fourth-order valence-corrected chi connectivity index (χ4v) is 2.04. The fourth-order valence-electron chi connectivity index (χ4n) is 2.04. The minimum atomic E-state index is 0.223. The number of nitrogens with two attached hydrogens (primary N) is 1. The van der Waals surface area contributed by atoms with Gasteiger partial charge >= 0.3 is 0 Å². The number of nitrogens with zero attached hydrogens (tertiary/aromatic N) is 3. The van der Waals surface area contributed by atoms with Crippen molar-refractivity contribution in [1.29, 1.82) is 0 Å². The lowest BCUT2D eigenvalue weighted by Crippen LogP contribution is -2.38. The van der Waals surface area contributed by atoms with Gasteiger partial charge in [0, 0.05) is 32.8 Å². The molecular weight excluding hydrogens is 192 g/mol. The highest BCUT2D eigenvalue weighted by Gasteiger charge is 2.24. The van der Waals surface area contributed by atoms with Crippen molar-refractivity contribution >= 4 is 5.91 Å². The van der Waals surface area contributed by atoms with Gasteiger partial charge in [-0.15, -0.1) is 0 Å². The maximum atomic E-state index is 11.3. The highest BCUT2D eigenvalue weighted by atomic mass is 16.2. The molecule has 1 aliphatic heterocycles. The zero-order valence-corrected chi connectivity index (χ0v) is 8.89. The van der Waals surface area contributed by atoms with Crippen LogP contribution in [0.1, 0.15) is 24.6 Å². The molecule has 5 nitrogen and oxygen atoms in total. The number of aromatic nitrogens is 2. The summed E-state index contributed by atoms with van der Waals surface area (Å²) < 4.78 is 2.09. The number of likely N-dealkylation sites (N-methyl/N-ethyl adjacent to an activating group) is 1. The number of likely N-dealkylation sites (tertiary alicyclic amines) is 1. The Morgan fingerprint density at radius 1 is 1.67 bits per heavy atom. The van der Waals surface area contributed by atoms with Crippen LogP contribution in [0.25, 0.3) is 0 Å². The van der Waals surface area contributed by atoms with Gasteiger partial charge in [-0.2, -0.15) is 0 Å². The maximum absolute atomic E-state index is 11.3. The van der Waals surface area contributed by atoms with E-state index in [-0.39, 0.29) is 5.91 Å². The number of imidazole rings is 1. The molecule has 2 rings (SSSR count). The second kappa shape index (κ2) is 4.02. The zero-order chi connectivity index (χ0) is 10.8. The third-order valence-electron chi connectivity index (χ3n) is 2.95. The number of piperidine rings is 1. The summed E-state index contributed by atoms with van der Waals surface area (Å²) in [4.78, 5) is 17.2. The van der Waals surface area contributed by atoms with Crippen LogP contribution in [-0.4, -0.2) is 34.0 Å². The number of hydrogen-bond acceptors (Lipinski definition) is 3. The van der Waals surface area contributed by atoms with Crippen molar-refractivity contribution in [1.82, 2.24) is 14.5 Å². The Morgan fingerprint density at radius 3 is 3.13 bits per heavy atom. The molecule has 1 unspecified atom stereocenters. The summed E-state index contributed by atoms with van der Waals surface area (Å²) in [5, 5.41) is 0. The van der Waals surface area contributed by atoms with Crippen molar-refractivity contribution in [2.24, 2.45) is 5.73 Å². The minimum Gasteiger partial charge on any atom is -0.344 e. The SMILES string of the molecule is CN1CC(n2cncc2CN)CCC1=O. The minimum absolute atomic E-state index is 0.223. The molecular formula is C10H16N4O. The molecule has 0 radical (unpaired) electrons. The van der Waals surface area contributed by atoms with E-state index in [9.17, 15) is 4.79 Å². The monoisotopic (exact) mass is 208 g/mol. The van der Waals surface area contributed by atoms with Crippen LogP contribution in [0, 0.1) is 0 Å². The summed E-state index contributed by atoms with van der Waals surface area (Å²) in [7, 11) is 1.84. The van der Waals surface area contributed by atoms with E-state index in [1.165, 1.54) is 0 Å². The lowest BCUT2D eigenvalue weighted by Gasteiger charge is -2.31. The van der Waals surface area contributed by atoms with Crippen LogP contribution in [0.3, 0.4) is 0 Å². The second-order valence-electron chi connectivity index (χ2n) is 3.96. The number of amides is 1. The van der Waals surface area contributed by atoms with Crippen molar-refractivity contribution in [2.75, 3.05) is 13.6 Å². The van der Waals surface area contributed by atoms with E-state index < -0.39 is 0 Å². The highest BCUT2D eigenvalue weighted by molar-refractivity contribution is 5.76. The highest BCUT2D eigenvalue weighted by Crippen LogP contribution is 2.22. The fraction of sp³-hybridized carbons (Fsp3) is 0.600. The number of hydrogen-bond donors (Lipinski definition) is 1. The molecule has 0 spiro atoms. The van der Waals surface area contributed by atoms with Crippen LogP contribution < -0.4 is 5.73 Å². The molecule has 1 aromatic heterocycles. The van der Waals surface area contributed by atoms with Crippen LogP contribution in [0.4, 0.5) is 0 Å². The molecule has 1 saturated heterocycles. The predicted molar refractivity (Wildman–Crippen MR) is 56.0 cm³/mol. The predicted octanol–water partition coefficient (Wildman–Crippen LogP) is 0.135. The smallest absolute Gasteiger partial charge is 0.222 e. The molecule has 0 saturated carbocycles. The van der Waals surface area contributed by atoms with Crippen molar-refractivity contribution in [2.45, 2.75) is 25.4 Å². The van der Waals surface area contributed by atoms with Gasteiger partial charge in [-0.1, -0.05) is 0 Å². The van der Waals surface area contributed by atoms with Crippen molar-refractivity contribution < 1.29 is 4.79 Å². The lowest BCUT2D eigenvalue weighted by molar-refractivity contribution is -0.132. The summed E-state index contributed by atoms with van der Waals surface area (Å²) in [6.45, 7) is 1.25. The molecule has 0 bridgehead atoms. The maximum Gasteiger partial charge on any atom is 0.222 e. The van der Waals surface area contributed by atoms with E-state index in [1.54, 1.807) is 17.4 Å². The van der Waals surface area contributed by atoms with Gasteiger partial charge in [0.1, 0.15) is 0 Å². The van der Waals surface area contributed by atoms with Gasteiger partial charge in [0.15, 0.2) is 0 Å². The molecule has 0 aliphatic carbocycles. The van der Waals surface area contributed by atoms with Gasteiger partial charge in [-0.25, -0.2) is 4.98 Å². The topological polar surface area (TPSA) is 64.2 Å². The first-order valence-corrected chi connectivity index (χ1v) is 5.17. The molecule has 2 heterocycles. The number of carbonyl (C=O) groups is 1. The Hall–Kier alpha value is -1.36. The van der Waals surface area contributed by atoms with Crippen LogP contribution in [0.2, 0.25) is 0 Å². The summed E-state index contributed by atoms with van der Waals surface area (Å²) in [6.07, 6.45) is 5.09. The third-order valence-corrected chi connectivity index (χ3v) is 2.95. The molecule has 1 atom stereocenters. The van der Waals surface area contributed by atoms with Crippen LogP contribution >= 0.6 is 0 Å². The molecule has 82 valence electrons. The van der Waals surface area contributed by atoms with Gasteiger partial charge in [0.05, 0.1) is 18.1 Å². The lowest BCUT2D eigenvalue weighted by atomic mass is 10.1. The van der Waals surface area contributed by atoms with Crippen molar-refractivity contribution in [3.8, 4) is 0 Å². The number of carbonyl (C=O) groups excluding carboxylic acids is 1. The number of rotatable bonds is 2. The van der Waals surface area contributed by atoms with Gasteiger partial charge < -0.3 is 15.2 Å². The average molecular weight is 208 g/mol. The normalized spacial score (nSPS) is 22.1. The summed E-state index contributed by atoms with van der Waals surface area (Å²) in [5.41, 5.74) is 6.65. The van der Waals surface area contributed by atoms with Gasteiger partial charge in [0.2, 0.25) is 5.91 Å². The first kappa shape index (κ1) is 10.2. The Morgan fingerprint density at radius 2 is 2.47 bits per heavy atom. The van der Waals surface area contributed by atoms with E-state index >= 15 is 0 Å². The van der Waals surface area contributed by atoms with Gasteiger partial charge in [0.25, 0.3) is 0 Å². The second-order valence-corrected chi connectivity index (χ2v) is 3.96. The van der Waals surface area contributed by atoms with Crippen LogP contribution in [-0.2, 0) is 11.3 Å². The summed E-state index contributed by atoms with van der Waals surface area (Å²) >= 11 is 0. The third kappa shape index (κ3) is 1.87. The summed E-state index contributed by atoms with van der Waals surface area (Å²) in [6, 6.07) is 0.328. The Bertz CT molecular complexity index is 360. The molecule has 0 aromatic carbocycles. The van der Waals surface area contributed by atoms with Crippen LogP contribution in [0.5, 0.6) is 0 Å². The van der Waals surface area contributed by atoms with E-state index in [0.29, 0.717) is 19.0 Å². The van der Waals surface area contributed by atoms with Gasteiger partial charge in [-0.05, 0) is 6.42 Å². The largest absolute Gasteiger partial charge is 0.344 e. The van der Waals surface area contributed by atoms with Crippen molar-refractivity contribution in [3.63, 3.8) is 0 Å². The Balaban J connectivity index is 2.15. The van der Waals surface area contributed by atoms with E-state index in [1.807, 2.05) is 7.05 Å². The molecule has 1 amide bonds. The first-order chi connectivity index (χ1) is 7.22. The molecule has 1 fully saturated rings. The van der Waals surface area contributed by atoms with E-state index in [4.69, 9.17) is 5.73 Å². The average Bonchev–Trinajstić information content (AvgIpc) is 2.70. The van der Waals surface area contributed by atoms with E-state index in [2.05, 4.69) is 9.55 Å². The Labute approximate surface area is 88.9 Å². The quantitative estimate of drug-likeness (QED) is 0.751. The van der Waals surface area contributed by atoms with Crippen LogP contribution in [0.15, 0.2) is 12.5 Å². The first-order valence-electron chi connectivity index (χ1n) is 5.17. The summed E-state index contributed by atoms with van der Waals surface area (Å²) in [5.74, 6) is 0.223. The van der Waals surface area contributed by atoms with Gasteiger partial charge in [-0.3, -0.25) is 4.79 Å². The molecule has 1 aliphatic rings. The molecule has 1 aromatic rings. The molecule has 2 N–H and O–H groups in total. The Kier molecular flexibility index (Phi) is 2.73.